The highest BCUT2D eigenvalue weighted by atomic mass is 16.4. The van der Waals surface area contributed by atoms with Crippen molar-refractivity contribution < 1.29 is 24.3 Å². The van der Waals surface area contributed by atoms with Gasteiger partial charge in [-0.25, -0.2) is 4.98 Å². The molecule has 0 aliphatic rings. The number of rotatable bonds is 25. The topological polar surface area (TPSA) is 143 Å². The van der Waals surface area contributed by atoms with Crippen molar-refractivity contribution in [2.75, 3.05) is 6.54 Å². The first-order chi connectivity index (χ1) is 22.1. The van der Waals surface area contributed by atoms with Gasteiger partial charge in [0.15, 0.2) is 0 Å². The molecule has 2 atom stereocenters. The quantitative estimate of drug-likeness (QED) is 0.0967. The van der Waals surface area contributed by atoms with Crippen LogP contribution in [0.4, 0.5) is 0 Å². The Morgan fingerprint density at radius 2 is 1.46 bits per heavy atom. The van der Waals surface area contributed by atoms with Crippen LogP contribution in [0.25, 0.3) is 10.9 Å². The van der Waals surface area contributed by atoms with Gasteiger partial charge in [0, 0.05) is 30.8 Å². The summed E-state index contributed by atoms with van der Waals surface area (Å²) in [6, 6.07) is 9.54. The van der Waals surface area contributed by atoms with E-state index in [1.165, 1.54) is 51.4 Å². The van der Waals surface area contributed by atoms with Gasteiger partial charge in [-0.2, -0.15) is 0 Å². The maximum Gasteiger partial charge on any atom is 0.303 e. The van der Waals surface area contributed by atoms with Gasteiger partial charge in [-0.1, -0.05) is 116 Å². The first-order valence-corrected chi connectivity index (χ1v) is 17.6. The van der Waals surface area contributed by atoms with E-state index < -0.39 is 23.8 Å². The van der Waals surface area contributed by atoms with Crippen LogP contribution in [0.1, 0.15) is 140 Å². The molecule has 0 aliphatic carbocycles. The van der Waals surface area contributed by atoms with E-state index in [1.807, 2.05) is 30.3 Å². The number of nitrogens with one attached hydrogen (secondary N) is 1. The van der Waals surface area contributed by atoms with Gasteiger partial charge < -0.3 is 21.1 Å². The molecule has 9 heteroatoms. The Balaban J connectivity index is 2.14. The number of para-hydroxylation sites is 1. The zero-order valence-electron chi connectivity index (χ0n) is 28.5. The molecule has 4 N–H and O–H groups in total. The average molecular weight is 639 g/mol. The first kappa shape index (κ1) is 38.7. The third-order valence-corrected chi connectivity index (χ3v) is 8.57. The van der Waals surface area contributed by atoms with Gasteiger partial charge in [-0.15, -0.1) is 0 Å². The van der Waals surface area contributed by atoms with Crippen LogP contribution in [0.3, 0.4) is 0 Å². The molecule has 0 radical (unpaired) electrons. The van der Waals surface area contributed by atoms with Crippen molar-refractivity contribution in [3.63, 3.8) is 0 Å². The van der Waals surface area contributed by atoms with Crippen LogP contribution in [-0.2, 0) is 14.4 Å². The number of fused-ring (bicyclic) bond motifs is 1. The molecule has 2 aromatic rings. The second-order valence-corrected chi connectivity index (χ2v) is 13.1. The summed E-state index contributed by atoms with van der Waals surface area (Å²) in [5.74, 6) is -1.93. The summed E-state index contributed by atoms with van der Waals surface area (Å²) < 4.78 is 0. The Hall–Kier alpha value is -3.49. The Kier molecular flexibility index (Phi) is 18.6. The molecule has 9 nitrogen and oxygen atoms in total. The van der Waals surface area contributed by atoms with E-state index in [1.54, 1.807) is 11.0 Å². The van der Waals surface area contributed by atoms with Crippen LogP contribution in [0.15, 0.2) is 36.4 Å². The number of nitrogens with two attached hydrogens (primary N) is 1. The van der Waals surface area contributed by atoms with E-state index in [0.717, 1.165) is 31.1 Å². The summed E-state index contributed by atoms with van der Waals surface area (Å²) in [7, 11) is 0. The van der Waals surface area contributed by atoms with Gasteiger partial charge >= 0.3 is 5.97 Å². The summed E-state index contributed by atoms with van der Waals surface area (Å²) in [6.07, 6.45) is 14.9. The van der Waals surface area contributed by atoms with Crippen LogP contribution in [-0.4, -0.2) is 57.3 Å². The van der Waals surface area contributed by atoms with E-state index in [0.29, 0.717) is 24.4 Å². The molecule has 2 rings (SSSR count). The summed E-state index contributed by atoms with van der Waals surface area (Å²) in [4.78, 5) is 57.3. The van der Waals surface area contributed by atoms with E-state index in [9.17, 15) is 24.3 Å². The molecule has 0 saturated heterocycles. The van der Waals surface area contributed by atoms with Crippen molar-refractivity contribution in [2.24, 2.45) is 11.7 Å². The van der Waals surface area contributed by atoms with Crippen LogP contribution in [0, 0.1) is 5.92 Å². The number of pyridine rings is 1. The van der Waals surface area contributed by atoms with Crippen molar-refractivity contribution in [2.45, 2.75) is 142 Å². The average Bonchev–Trinajstić information content (AvgIpc) is 3.02. The minimum atomic E-state index is -0.964. The van der Waals surface area contributed by atoms with Crippen LogP contribution in [0.5, 0.6) is 0 Å². The lowest BCUT2D eigenvalue weighted by Gasteiger charge is -2.35. The molecule has 3 amide bonds. The highest BCUT2D eigenvalue weighted by Crippen LogP contribution is 2.20. The highest BCUT2D eigenvalue weighted by Gasteiger charge is 2.32. The SMILES string of the molecule is CCCCCCCCCCCCC[C@@H](CC(N)=O)N(CCC(C)C)C(=O)[C@H](CCCC(=O)O)NC(=O)c1ccc2ccccc2n1. The number of amides is 3. The predicted octanol–water partition coefficient (Wildman–Crippen LogP) is 7.41. The molecule has 256 valence electrons. The zero-order valence-corrected chi connectivity index (χ0v) is 28.5. The maximum absolute atomic E-state index is 14.2. The number of primary amides is 1. The van der Waals surface area contributed by atoms with E-state index >= 15 is 0 Å². The minimum Gasteiger partial charge on any atom is -0.481 e. The molecule has 1 aromatic heterocycles. The van der Waals surface area contributed by atoms with Crippen LogP contribution >= 0.6 is 0 Å². The van der Waals surface area contributed by atoms with Gasteiger partial charge in [-0.05, 0) is 43.7 Å². The lowest BCUT2D eigenvalue weighted by molar-refractivity contribution is -0.139. The third kappa shape index (κ3) is 15.2. The number of carbonyl (C=O) groups is 4. The maximum atomic E-state index is 14.2. The van der Waals surface area contributed by atoms with Crippen molar-refractivity contribution in [1.29, 1.82) is 0 Å². The van der Waals surface area contributed by atoms with E-state index in [-0.39, 0.29) is 43.3 Å². The van der Waals surface area contributed by atoms with E-state index in [4.69, 9.17) is 5.73 Å². The molecular weight excluding hydrogens is 580 g/mol. The number of nitrogens with zero attached hydrogens (tertiary/aromatic N) is 2. The lowest BCUT2D eigenvalue weighted by Crippen LogP contribution is -2.53. The molecular formula is C37H58N4O5. The summed E-state index contributed by atoms with van der Waals surface area (Å²) in [5, 5.41) is 13.0. The molecule has 46 heavy (non-hydrogen) atoms. The molecule has 1 heterocycles. The van der Waals surface area contributed by atoms with Gasteiger partial charge in [0.25, 0.3) is 5.91 Å². The van der Waals surface area contributed by atoms with Crippen LogP contribution in [0.2, 0.25) is 0 Å². The molecule has 0 unspecified atom stereocenters. The normalized spacial score (nSPS) is 12.6. The number of hydrogen-bond acceptors (Lipinski definition) is 5. The fourth-order valence-corrected chi connectivity index (χ4v) is 5.85. The molecule has 1 aromatic carbocycles. The molecule has 0 spiro atoms. The Bertz CT molecular complexity index is 1220. The lowest BCUT2D eigenvalue weighted by atomic mass is 9.98. The third-order valence-electron chi connectivity index (χ3n) is 8.57. The Labute approximate surface area is 276 Å². The van der Waals surface area contributed by atoms with Gasteiger partial charge in [0.05, 0.1) is 5.52 Å². The molecule has 0 saturated carbocycles. The van der Waals surface area contributed by atoms with Crippen molar-refractivity contribution >= 4 is 34.6 Å². The highest BCUT2D eigenvalue weighted by molar-refractivity contribution is 5.98. The summed E-state index contributed by atoms with van der Waals surface area (Å²) in [5.41, 5.74) is 6.53. The van der Waals surface area contributed by atoms with E-state index in [2.05, 4.69) is 31.1 Å². The molecule has 0 aliphatic heterocycles. The standard InChI is InChI=1S/C37H58N4O5/c1-4-5-6-7-8-9-10-11-12-13-14-19-30(27-34(38)42)41(26-25-28(2)3)37(46)33(21-17-22-35(43)44)40-36(45)32-24-23-29-18-15-16-20-31(29)39-32/h15-16,18,20,23-24,28,30,33H,4-14,17,19,21-22,25-27H2,1-3H3,(H2,38,42)(H,40,45)(H,43,44)/t30-,33-/m0/s1. The minimum absolute atomic E-state index is 0.0453. The second kappa shape index (κ2) is 22.1. The molecule has 0 bridgehead atoms. The van der Waals surface area contributed by atoms with Crippen molar-refractivity contribution in [1.82, 2.24) is 15.2 Å². The number of hydrogen-bond donors (Lipinski definition) is 3. The summed E-state index contributed by atoms with van der Waals surface area (Å²) in [6.45, 7) is 6.81. The van der Waals surface area contributed by atoms with Crippen molar-refractivity contribution in [3.8, 4) is 0 Å². The number of carboxylic acid groups (broad SMARTS) is 1. The first-order valence-electron chi connectivity index (χ1n) is 17.6. The van der Waals surface area contributed by atoms with Crippen LogP contribution < -0.4 is 11.1 Å². The fraction of sp³-hybridized carbons (Fsp3) is 0.649. The predicted molar refractivity (Wildman–Crippen MR) is 184 cm³/mol. The zero-order chi connectivity index (χ0) is 33.7. The van der Waals surface area contributed by atoms with Gasteiger partial charge in [0.1, 0.15) is 11.7 Å². The number of aromatic nitrogens is 1. The fourth-order valence-electron chi connectivity index (χ4n) is 5.85. The second-order valence-electron chi connectivity index (χ2n) is 13.1. The number of unbranched alkanes of at least 4 members (excludes halogenated alkanes) is 10. The number of carbonyl (C=O) groups excluding carboxylic acids is 3. The number of benzene rings is 1. The monoisotopic (exact) mass is 638 g/mol. The Morgan fingerprint density at radius 3 is 2.07 bits per heavy atom. The van der Waals surface area contributed by atoms with Crippen molar-refractivity contribution in [3.05, 3.63) is 42.1 Å². The van der Waals surface area contributed by atoms with Gasteiger partial charge in [-0.3, -0.25) is 19.2 Å². The molecule has 0 fully saturated rings. The Morgan fingerprint density at radius 1 is 0.826 bits per heavy atom. The smallest absolute Gasteiger partial charge is 0.303 e. The number of aliphatic carboxylic acids is 1. The van der Waals surface area contributed by atoms with Gasteiger partial charge in [0.2, 0.25) is 11.8 Å². The summed E-state index contributed by atoms with van der Waals surface area (Å²) >= 11 is 0. The largest absolute Gasteiger partial charge is 0.481 e. The number of carboxylic acids is 1.